The van der Waals surface area contributed by atoms with Gasteiger partial charge >= 0.3 is 0 Å². The highest BCUT2D eigenvalue weighted by molar-refractivity contribution is 5.41. The van der Waals surface area contributed by atoms with Gasteiger partial charge in [-0.15, -0.1) is 0 Å². The maximum absolute atomic E-state index is 6.04. The molecule has 1 heterocycles. The first-order valence-electron chi connectivity index (χ1n) is 6.97. The molecule has 0 spiro atoms. The maximum atomic E-state index is 6.04. The van der Waals surface area contributed by atoms with Crippen molar-refractivity contribution in [2.75, 3.05) is 7.11 Å². The third-order valence-corrected chi connectivity index (χ3v) is 3.39. The molecule has 6 nitrogen and oxygen atoms in total. The third kappa shape index (κ3) is 3.95. The molecule has 6 heteroatoms. The van der Waals surface area contributed by atoms with E-state index in [2.05, 4.69) is 21.9 Å². The Kier molecular flexibility index (Phi) is 5.16. The molecule has 0 saturated carbocycles. The Labute approximate surface area is 124 Å². The fraction of sp³-hybridized carbons (Fsp3) is 0.467. The Morgan fingerprint density at radius 1 is 1.33 bits per heavy atom. The predicted molar refractivity (Wildman–Crippen MR) is 78.3 cm³/mol. The van der Waals surface area contributed by atoms with Crippen LogP contribution >= 0.6 is 0 Å². The van der Waals surface area contributed by atoms with Gasteiger partial charge in [0.2, 0.25) is 0 Å². The van der Waals surface area contributed by atoms with Crippen LogP contribution in [0.3, 0.4) is 0 Å². The maximum Gasteiger partial charge on any atom is 0.145 e. The number of nitrogens with two attached hydrogens (primary N) is 1. The number of aromatic nitrogens is 2. The second-order valence-electron chi connectivity index (χ2n) is 4.93. The van der Waals surface area contributed by atoms with Gasteiger partial charge in [-0.3, -0.25) is 0 Å². The first-order valence-corrected chi connectivity index (χ1v) is 6.97. The molecule has 114 valence electrons. The van der Waals surface area contributed by atoms with Gasteiger partial charge in [0.15, 0.2) is 0 Å². The van der Waals surface area contributed by atoms with Crippen LogP contribution in [0.4, 0.5) is 0 Å². The van der Waals surface area contributed by atoms with Crippen molar-refractivity contribution in [1.82, 2.24) is 10.3 Å². The fourth-order valence-electron chi connectivity index (χ4n) is 1.92. The largest absolute Gasteiger partial charge is 0.497 e. The molecule has 2 N–H and O–H groups in total. The van der Waals surface area contributed by atoms with Gasteiger partial charge in [-0.25, -0.2) is 4.63 Å². The monoisotopic (exact) mass is 291 g/mol. The zero-order chi connectivity index (χ0) is 15.2. The van der Waals surface area contributed by atoms with Gasteiger partial charge in [-0.1, -0.05) is 23.3 Å². The Balaban J connectivity index is 2.16. The first kappa shape index (κ1) is 15.3. The lowest BCUT2D eigenvalue weighted by atomic mass is 10.0. The SMILES string of the molecule is CCC(N)Cc1ccc(OC)cc1OCc1nonc1C. The Bertz CT molecular complexity index is 583. The van der Waals surface area contributed by atoms with Crippen molar-refractivity contribution in [2.24, 2.45) is 5.73 Å². The van der Waals surface area contributed by atoms with Crippen molar-refractivity contribution >= 4 is 0 Å². The van der Waals surface area contributed by atoms with Crippen molar-refractivity contribution in [3.8, 4) is 11.5 Å². The molecule has 1 aromatic heterocycles. The molecule has 0 saturated heterocycles. The summed E-state index contributed by atoms with van der Waals surface area (Å²) in [7, 11) is 1.63. The molecule has 0 fully saturated rings. The van der Waals surface area contributed by atoms with Crippen LogP contribution in [0.15, 0.2) is 22.8 Å². The van der Waals surface area contributed by atoms with E-state index in [0.29, 0.717) is 12.3 Å². The summed E-state index contributed by atoms with van der Waals surface area (Å²) in [6.07, 6.45) is 1.67. The van der Waals surface area contributed by atoms with Crippen LogP contribution < -0.4 is 15.2 Å². The number of aryl methyl sites for hydroxylation is 1. The number of ether oxygens (including phenoxy) is 2. The summed E-state index contributed by atoms with van der Waals surface area (Å²) in [4.78, 5) is 0. The number of hydrogen-bond acceptors (Lipinski definition) is 6. The lowest BCUT2D eigenvalue weighted by Crippen LogP contribution is -2.21. The lowest BCUT2D eigenvalue weighted by molar-refractivity contribution is 0.267. The van der Waals surface area contributed by atoms with Gasteiger partial charge in [0.1, 0.15) is 29.5 Å². The van der Waals surface area contributed by atoms with Gasteiger partial charge in [-0.2, -0.15) is 0 Å². The van der Waals surface area contributed by atoms with Crippen LogP contribution in [0.2, 0.25) is 0 Å². The molecule has 2 aromatic rings. The molecule has 2 rings (SSSR count). The van der Waals surface area contributed by atoms with Gasteiger partial charge < -0.3 is 15.2 Å². The average molecular weight is 291 g/mol. The average Bonchev–Trinajstić information content (AvgIpc) is 2.91. The molecule has 1 aromatic carbocycles. The molecule has 0 amide bonds. The normalized spacial score (nSPS) is 12.2. The summed E-state index contributed by atoms with van der Waals surface area (Å²) in [5, 5.41) is 7.55. The molecule has 0 bridgehead atoms. The predicted octanol–water partition coefficient (Wildman–Crippen LogP) is 2.25. The fourth-order valence-corrected chi connectivity index (χ4v) is 1.92. The lowest BCUT2D eigenvalue weighted by Gasteiger charge is -2.15. The van der Waals surface area contributed by atoms with E-state index >= 15 is 0 Å². The standard InChI is InChI=1S/C15H21N3O3/c1-4-12(16)7-11-5-6-13(19-3)8-15(11)20-9-14-10(2)17-21-18-14/h5-6,8,12H,4,7,9,16H2,1-3H3. The minimum absolute atomic E-state index is 0.108. The summed E-state index contributed by atoms with van der Waals surface area (Å²) in [5.41, 5.74) is 8.50. The van der Waals surface area contributed by atoms with E-state index in [1.165, 1.54) is 0 Å². The van der Waals surface area contributed by atoms with Gasteiger partial charge in [0, 0.05) is 12.1 Å². The molecule has 21 heavy (non-hydrogen) atoms. The smallest absolute Gasteiger partial charge is 0.145 e. The van der Waals surface area contributed by atoms with Crippen molar-refractivity contribution in [2.45, 2.75) is 39.3 Å². The molecule has 1 unspecified atom stereocenters. The number of nitrogens with zero attached hydrogens (tertiary/aromatic N) is 2. The van der Waals surface area contributed by atoms with E-state index in [9.17, 15) is 0 Å². The number of rotatable bonds is 7. The van der Waals surface area contributed by atoms with Crippen LogP contribution in [0.25, 0.3) is 0 Å². The highest BCUT2D eigenvalue weighted by atomic mass is 16.6. The van der Waals surface area contributed by atoms with Crippen molar-refractivity contribution in [3.05, 3.63) is 35.2 Å². The summed E-state index contributed by atoms with van der Waals surface area (Å²) in [6, 6.07) is 5.86. The second-order valence-corrected chi connectivity index (χ2v) is 4.93. The van der Waals surface area contributed by atoms with E-state index < -0.39 is 0 Å². The van der Waals surface area contributed by atoms with Crippen molar-refractivity contribution in [3.63, 3.8) is 0 Å². The van der Waals surface area contributed by atoms with Crippen LogP contribution in [-0.4, -0.2) is 23.5 Å². The molecular formula is C15H21N3O3. The number of methoxy groups -OCH3 is 1. The molecule has 0 aliphatic carbocycles. The second kappa shape index (κ2) is 7.08. The van der Waals surface area contributed by atoms with Gasteiger partial charge in [-0.05, 0) is 31.4 Å². The van der Waals surface area contributed by atoms with E-state index in [0.717, 1.165) is 35.6 Å². The topological polar surface area (TPSA) is 83.4 Å². The first-order chi connectivity index (χ1) is 10.1. The molecule has 0 radical (unpaired) electrons. The van der Waals surface area contributed by atoms with Crippen LogP contribution in [0.5, 0.6) is 11.5 Å². The van der Waals surface area contributed by atoms with Crippen molar-refractivity contribution in [1.29, 1.82) is 0 Å². The Morgan fingerprint density at radius 3 is 2.76 bits per heavy atom. The van der Waals surface area contributed by atoms with Crippen LogP contribution in [-0.2, 0) is 13.0 Å². The Hall–Kier alpha value is -2.08. The van der Waals surface area contributed by atoms with E-state index in [4.69, 9.17) is 15.2 Å². The van der Waals surface area contributed by atoms with Gasteiger partial charge in [0.05, 0.1) is 7.11 Å². The summed E-state index contributed by atoms with van der Waals surface area (Å²) in [5.74, 6) is 1.49. The van der Waals surface area contributed by atoms with Crippen molar-refractivity contribution < 1.29 is 14.1 Å². The third-order valence-electron chi connectivity index (χ3n) is 3.39. The number of hydrogen-bond donors (Lipinski definition) is 1. The summed E-state index contributed by atoms with van der Waals surface area (Å²) >= 11 is 0. The quantitative estimate of drug-likeness (QED) is 0.842. The summed E-state index contributed by atoms with van der Waals surface area (Å²) in [6.45, 7) is 4.20. The Morgan fingerprint density at radius 2 is 2.14 bits per heavy atom. The van der Waals surface area contributed by atoms with E-state index in [1.54, 1.807) is 7.11 Å². The molecule has 1 atom stereocenters. The summed E-state index contributed by atoms with van der Waals surface area (Å²) < 4.78 is 15.8. The zero-order valence-electron chi connectivity index (χ0n) is 12.6. The van der Waals surface area contributed by atoms with Crippen LogP contribution in [0, 0.1) is 6.92 Å². The van der Waals surface area contributed by atoms with Gasteiger partial charge in [0.25, 0.3) is 0 Å². The minimum atomic E-state index is 0.108. The highest BCUT2D eigenvalue weighted by Crippen LogP contribution is 2.27. The van der Waals surface area contributed by atoms with E-state index in [1.807, 2.05) is 25.1 Å². The molecule has 0 aliphatic rings. The molecule has 0 aliphatic heterocycles. The highest BCUT2D eigenvalue weighted by Gasteiger charge is 2.12. The van der Waals surface area contributed by atoms with Crippen LogP contribution in [0.1, 0.15) is 30.3 Å². The van der Waals surface area contributed by atoms with E-state index in [-0.39, 0.29) is 6.04 Å². The zero-order valence-corrected chi connectivity index (χ0v) is 12.6. The minimum Gasteiger partial charge on any atom is -0.497 e. The molecular weight excluding hydrogens is 270 g/mol. The number of benzene rings is 1.